The Labute approximate surface area is 128 Å². The Hall–Kier alpha value is -0.580. The van der Waals surface area contributed by atoms with Gasteiger partial charge in [0, 0.05) is 9.35 Å². The van der Waals surface area contributed by atoms with Crippen LogP contribution in [-0.2, 0) is 6.42 Å². The van der Waals surface area contributed by atoms with E-state index in [-0.39, 0.29) is 11.9 Å². The van der Waals surface area contributed by atoms with Crippen LogP contribution in [0.25, 0.3) is 0 Å². The van der Waals surface area contributed by atoms with E-state index in [2.05, 4.69) is 21.2 Å². The van der Waals surface area contributed by atoms with Gasteiger partial charge in [0.05, 0.1) is 16.1 Å². The van der Waals surface area contributed by atoms with E-state index in [1.807, 2.05) is 6.07 Å². The van der Waals surface area contributed by atoms with Crippen LogP contribution in [0.5, 0.6) is 0 Å². The molecule has 0 saturated carbocycles. The van der Waals surface area contributed by atoms with Gasteiger partial charge in [0.1, 0.15) is 5.82 Å². The van der Waals surface area contributed by atoms with E-state index >= 15 is 0 Å². The van der Waals surface area contributed by atoms with Crippen molar-refractivity contribution in [2.75, 3.05) is 5.32 Å². The first-order valence-electron chi connectivity index (χ1n) is 6.13. The summed E-state index contributed by atoms with van der Waals surface area (Å²) >= 11 is 11.1. The third-order valence-electron chi connectivity index (χ3n) is 3.34. The summed E-state index contributed by atoms with van der Waals surface area (Å²) < 4.78 is 15.5. The maximum atomic E-state index is 13.8. The quantitative estimate of drug-likeness (QED) is 0.714. The number of hydrogen-bond acceptors (Lipinski definition) is 2. The van der Waals surface area contributed by atoms with Gasteiger partial charge in [0.25, 0.3) is 0 Å². The third-order valence-corrected chi connectivity index (χ3v) is 5.17. The van der Waals surface area contributed by atoms with Gasteiger partial charge in [-0.2, -0.15) is 0 Å². The molecule has 1 aliphatic carbocycles. The second kappa shape index (κ2) is 5.43. The van der Waals surface area contributed by atoms with E-state index in [0.717, 1.165) is 28.1 Å². The van der Waals surface area contributed by atoms with Crippen molar-refractivity contribution in [1.29, 1.82) is 0 Å². The number of nitrogens with one attached hydrogen (secondary N) is 1. The van der Waals surface area contributed by atoms with Crippen LogP contribution in [0.1, 0.15) is 29.3 Å². The molecule has 1 heterocycles. The zero-order chi connectivity index (χ0) is 13.4. The monoisotopic (exact) mass is 359 g/mol. The van der Waals surface area contributed by atoms with Crippen molar-refractivity contribution in [3.63, 3.8) is 0 Å². The van der Waals surface area contributed by atoms with E-state index < -0.39 is 0 Å². The normalized spacial score (nSPS) is 18.2. The molecule has 1 atom stereocenters. The minimum atomic E-state index is -0.225. The van der Waals surface area contributed by atoms with Crippen molar-refractivity contribution < 1.29 is 4.39 Å². The van der Waals surface area contributed by atoms with Gasteiger partial charge in [-0.25, -0.2) is 4.39 Å². The lowest BCUT2D eigenvalue weighted by atomic mass is 9.94. The average molecular weight is 361 g/mol. The van der Waals surface area contributed by atoms with Gasteiger partial charge >= 0.3 is 0 Å². The maximum Gasteiger partial charge on any atom is 0.146 e. The molecular formula is C14H12BrClFNS. The number of halogens is 3. The Morgan fingerprint density at radius 3 is 3.05 bits per heavy atom. The maximum absolute atomic E-state index is 13.8. The molecule has 1 aromatic heterocycles. The number of aryl methyl sites for hydroxylation is 1. The molecule has 1 unspecified atom stereocenters. The van der Waals surface area contributed by atoms with Gasteiger partial charge in [-0.15, -0.1) is 11.3 Å². The molecule has 100 valence electrons. The Kier molecular flexibility index (Phi) is 3.83. The summed E-state index contributed by atoms with van der Waals surface area (Å²) in [7, 11) is 0. The Morgan fingerprint density at radius 1 is 1.37 bits per heavy atom. The van der Waals surface area contributed by atoms with Crippen molar-refractivity contribution >= 4 is 44.6 Å². The van der Waals surface area contributed by atoms with Crippen molar-refractivity contribution in [1.82, 2.24) is 0 Å². The van der Waals surface area contributed by atoms with Crippen LogP contribution in [-0.4, -0.2) is 0 Å². The summed E-state index contributed by atoms with van der Waals surface area (Å²) in [5.41, 5.74) is 1.76. The minimum Gasteiger partial charge on any atom is -0.376 e. The summed E-state index contributed by atoms with van der Waals surface area (Å²) in [6.45, 7) is 0. The van der Waals surface area contributed by atoms with Crippen molar-refractivity contribution in [3.05, 3.63) is 49.3 Å². The highest BCUT2D eigenvalue weighted by atomic mass is 79.9. The number of rotatable bonds is 2. The highest BCUT2D eigenvalue weighted by Crippen LogP contribution is 2.39. The molecule has 0 saturated heterocycles. The van der Waals surface area contributed by atoms with Crippen LogP contribution < -0.4 is 5.32 Å². The fourth-order valence-electron chi connectivity index (χ4n) is 2.47. The zero-order valence-corrected chi connectivity index (χ0v) is 13.2. The molecule has 1 N–H and O–H groups in total. The fourth-order valence-corrected chi connectivity index (χ4v) is 4.21. The molecule has 0 spiro atoms. The SMILES string of the molecule is Fc1ccc(Br)cc1NC1CCCc2sc(Cl)cc21. The molecule has 3 rings (SSSR count). The first-order chi connectivity index (χ1) is 9.13. The predicted molar refractivity (Wildman–Crippen MR) is 82.7 cm³/mol. The number of anilines is 1. The van der Waals surface area contributed by atoms with Gasteiger partial charge in [-0.3, -0.25) is 0 Å². The molecular weight excluding hydrogens is 349 g/mol. The smallest absolute Gasteiger partial charge is 0.146 e. The van der Waals surface area contributed by atoms with Crippen LogP contribution in [0.2, 0.25) is 4.34 Å². The van der Waals surface area contributed by atoms with Crippen LogP contribution in [0, 0.1) is 5.82 Å². The summed E-state index contributed by atoms with van der Waals surface area (Å²) in [4.78, 5) is 1.32. The molecule has 19 heavy (non-hydrogen) atoms. The van der Waals surface area contributed by atoms with Crippen molar-refractivity contribution in [2.24, 2.45) is 0 Å². The fraction of sp³-hybridized carbons (Fsp3) is 0.286. The van der Waals surface area contributed by atoms with Crippen LogP contribution in [0.4, 0.5) is 10.1 Å². The number of benzene rings is 1. The molecule has 0 bridgehead atoms. The molecule has 1 nitrogen and oxygen atoms in total. The minimum absolute atomic E-state index is 0.149. The van der Waals surface area contributed by atoms with Gasteiger partial charge in [0.15, 0.2) is 0 Å². The second-order valence-corrected chi connectivity index (χ2v) is 7.33. The molecule has 0 aliphatic heterocycles. The zero-order valence-electron chi connectivity index (χ0n) is 10.1. The molecule has 1 aliphatic rings. The highest BCUT2D eigenvalue weighted by molar-refractivity contribution is 9.10. The summed E-state index contributed by atoms with van der Waals surface area (Å²) in [6, 6.07) is 7.10. The average Bonchev–Trinajstić information content (AvgIpc) is 2.75. The highest BCUT2D eigenvalue weighted by Gasteiger charge is 2.23. The lowest BCUT2D eigenvalue weighted by molar-refractivity contribution is 0.592. The molecule has 0 radical (unpaired) electrons. The molecule has 0 fully saturated rings. The van der Waals surface area contributed by atoms with Crippen molar-refractivity contribution in [3.8, 4) is 0 Å². The second-order valence-electron chi connectivity index (χ2n) is 4.64. The van der Waals surface area contributed by atoms with E-state index in [4.69, 9.17) is 11.6 Å². The van der Waals surface area contributed by atoms with Crippen LogP contribution in [0.3, 0.4) is 0 Å². The Morgan fingerprint density at radius 2 is 2.21 bits per heavy atom. The standard InChI is InChI=1S/C14H12BrClFNS/c15-8-4-5-10(17)12(6-8)18-11-2-1-3-13-9(11)7-14(16)19-13/h4-7,11,18H,1-3H2. The number of hydrogen-bond donors (Lipinski definition) is 1. The van der Waals surface area contributed by atoms with E-state index in [0.29, 0.717) is 5.69 Å². The lowest BCUT2D eigenvalue weighted by Gasteiger charge is -2.25. The van der Waals surface area contributed by atoms with Crippen molar-refractivity contribution in [2.45, 2.75) is 25.3 Å². The van der Waals surface area contributed by atoms with E-state index in [1.165, 1.54) is 16.5 Å². The van der Waals surface area contributed by atoms with Crippen LogP contribution >= 0.6 is 38.9 Å². The summed E-state index contributed by atoms with van der Waals surface area (Å²) in [5.74, 6) is -0.225. The van der Waals surface area contributed by atoms with E-state index in [1.54, 1.807) is 23.5 Å². The Balaban J connectivity index is 1.90. The Bertz CT molecular complexity index is 613. The van der Waals surface area contributed by atoms with Gasteiger partial charge in [0.2, 0.25) is 0 Å². The van der Waals surface area contributed by atoms with Crippen LogP contribution in [0.15, 0.2) is 28.7 Å². The summed E-state index contributed by atoms with van der Waals surface area (Å²) in [5, 5.41) is 3.30. The number of fused-ring (bicyclic) bond motifs is 1. The molecule has 1 aromatic carbocycles. The van der Waals surface area contributed by atoms with Gasteiger partial charge in [-0.05, 0) is 49.1 Å². The number of thiophene rings is 1. The lowest BCUT2D eigenvalue weighted by Crippen LogP contribution is -2.16. The predicted octanol–water partition coefficient (Wildman–Crippen LogP) is 5.79. The van der Waals surface area contributed by atoms with Gasteiger partial charge in [-0.1, -0.05) is 27.5 Å². The first-order valence-corrected chi connectivity index (χ1v) is 8.12. The molecule has 0 amide bonds. The summed E-state index contributed by atoms with van der Waals surface area (Å²) in [6.07, 6.45) is 3.19. The van der Waals surface area contributed by atoms with E-state index in [9.17, 15) is 4.39 Å². The largest absolute Gasteiger partial charge is 0.376 e. The molecule has 5 heteroatoms. The third kappa shape index (κ3) is 2.81. The first kappa shape index (κ1) is 13.4. The van der Waals surface area contributed by atoms with Gasteiger partial charge < -0.3 is 5.32 Å². The molecule has 2 aromatic rings. The topological polar surface area (TPSA) is 12.0 Å².